The maximum absolute atomic E-state index is 6.06. The molecule has 2 N–H and O–H groups in total. The molecule has 3 rings (SSSR count). The van der Waals surface area contributed by atoms with Crippen LogP contribution in [0.2, 0.25) is 0 Å². The van der Waals surface area contributed by atoms with Crippen molar-refractivity contribution in [3.8, 4) is 0 Å². The highest BCUT2D eigenvalue weighted by atomic mass is 14.5. The van der Waals surface area contributed by atoms with Gasteiger partial charge in [-0.3, -0.25) is 0 Å². The number of benzene rings is 2. The Morgan fingerprint density at radius 2 is 1.45 bits per heavy atom. The predicted molar refractivity (Wildman–Crippen MR) is 137 cm³/mol. The van der Waals surface area contributed by atoms with Crippen LogP contribution in [0.3, 0.4) is 0 Å². The number of anilines is 1. The van der Waals surface area contributed by atoms with E-state index in [0.29, 0.717) is 5.92 Å². The molecule has 1 heteroatoms. The van der Waals surface area contributed by atoms with Gasteiger partial charge in [0, 0.05) is 11.6 Å². The summed E-state index contributed by atoms with van der Waals surface area (Å²) in [5.74, 6) is 1.27. The lowest BCUT2D eigenvalue weighted by molar-refractivity contribution is 0.443. The second kappa shape index (κ2) is 12.9. The van der Waals surface area contributed by atoms with Crippen LogP contribution in [-0.2, 0) is 0 Å². The second-order valence-corrected chi connectivity index (χ2v) is 9.93. The van der Waals surface area contributed by atoms with Crippen molar-refractivity contribution >= 4 is 5.69 Å². The molecule has 2 aromatic rings. The van der Waals surface area contributed by atoms with Crippen molar-refractivity contribution in [3.63, 3.8) is 0 Å². The van der Waals surface area contributed by atoms with Crippen molar-refractivity contribution in [1.29, 1.82) is 0 Å². The molecule has 0 amide bonds. The van der Waals surface area contributed by atoms with Crippen LogP contribution >= 0.6 is 0 Å². The summed E-state index contributed by atoms with van der Waals surface area (Å²) >= 11 is 0. The van der Waals surface area contributed by atoms with Gasteiger partial charge in [0.05, 0.1) is 0 Å². The first-order chi connectivity index (χ1) is 15.2. The van der Waals surface area contributed by atoms with Gasteiger partial charge in [0.2, 0.25) is 0 Å². The number of hydrogen-bond acceptors (Lipinski definition) is 1. The van der Waals surface area contributed by atoms with Crippen molar-refractivity contribution in [1.82, 2.24) is 0 Å². The number of aryl methyl sites for hydroxylation is 1. The lowest BCUT2D eigenvalue weighted by Gasteiger charge is -2.24. The Bertz CT molecular complexity index is 754. The first-order valence-corrected chi connectivity index (χ1v) is 13.1. The molecule has 31 heavy (non-hydrogen) atoms. The van der Waals surface area contributed by atoms with E-state index in [1.165, 1.54) is 107 Å². The first-order valence-electron chi connectivity index (χ1n) is 13.1. The quantitative estimate of drug-likeness (QED) is 0.269. The molecule has 1 aliphatic carbocycles. The summed E-state index contributed by atoms with van der Waals surface area (Å²) in [5.41, 5.74) is 12.8. The lowest BCUT2D eigenvalue weighted by atomic mass is 9.81. The van der Waals surface area contributed by atoms with Crippen molar-refractivity contribution < 1.29 is 0 Å². The Morgan fingerprint density at radius 1 is 0.806 bits per heavy atom. The summed E-state index contributed by atoms with van der Waals surface area (Å²) in [4.78, 5) is 0. The van der Waals surface area contributed by atoms with E-state index in [4.69, 9.17) is 5.73 Å². The summed E-state index contributed by atoms with van der Waals surface area (Å²) in [6.45, 7) is 4.52. The van der Waals surface area contributed by atoms with E-state index < -0.39 is 0 Å². The van der Waals surface area contributed by atoms with Gasteiger partial charge >= 0.3 is 0 Å². The fraction of sp³-hybridized carbons (Fsp3) is 0.600. The third kappa shape index (κ3) is 7.41. The minimum absolute atomic E-state index is 0.487. The van der Waals surface area contributed by atoms with Crippen molar-refractivity contribution in [2.45, 2.75) is 116 Å². The number of unbranched alkanes of at least 4 members (excludes halogenated alkanes) is 7. The zero-order valence-electron chi connectivity index (χ0n) is 20.2. The van der Waals surface area contributed by atoms with Gasteiger partial charge in [0.25, 0.3) is 0 Å². The number of nitrogen functional groups attached to an aromatic ring is 1. The summed E-state index contributed by atoms with van der Waals surface area (Å²) in [6.07, 6.45) is 19.2. The molecular formula is C30H45N. The molecule has 1 saturated carbocycles. The van der Waals surface area contributed by atoms with E-state index in [2.05, 4.69) is 56.3 Å². The van der Waals surface area contributed by atoms with Crippen LogP contribution in [0.1, 0.15) is 131 Å². The highest BCUT2D eigenvalue weighted by molar-refractivity contribution is 5.48. The maximum atomic E-state index is 6.06. The van der Waals surface area contributed by atoms with Gasteiger partial charge in [0.1, 0.15) is 0 Å². The minimum Gasteiger partial charge on any atom is -0.399 e. The molecule has 1 atom stereocenters. The fourth-order valence-electron chi connectivity index (χ4n) is 5.51. The zero-order valence-corrected chi connectivity index (χ0v) is 20.2. The molecule has 0 spiro atoms. The molecule has 1 unspecified atom stereocenters. The van der Waals surface area contributed by atoms with Crippen LogP contribution in [0.5, 0.6) is 0 Å². The average Bonchev–Trinajstić information content (AvgIpc) is 2.80. The molecule has 0 radical (unpaired) electrons. The van der Waals surface area contributed by atoms with E-state index >= 15 is 0 Å². The Kier molecular flexibility index (Phi) is 9.97. The minimum atomic E-state index is 0.487. The van der Waals surface area contributed by atoms with E-state index in [9.17, 15) is 0 Å². The van der Waals surface area contributed by atoms with Crippen molar-refractivity contribution in [2.75, 3.05) is 5.73 Å². The van der Waals surface area contributed by atoms with Gasteiger partial charge in [-0.2, -0.15) is 0 Å². The van der Waals surface area contributed by atoms with Crippen LogP contribution in [0.15, 0.2) is 42.5 Å². The van der Waals surface area contributed by atoms with Gasteiger partial charge in [-0.25, -0.2) is 0 Å². The van der Waals surface area contributed by atoms with E-state index in [0.717, 1.165) is 11.6 Å². The van der Waals surface area contributed by atoms with E-state index in [1.54, 1.807) is 5.56 Å². The molecule has 2 aromatic carbocycles. The van der Waals surface area contributed by atoms with Gasteiger partial charge in [-0.15, -0.1) is 0 Å². The molecule has 1 aliphatic rings. The van der Waals surface area contributed by atoms with Crippen LogP contribution in [0.4, 0.5) is 5.69 Å². The van der Waals surface area contributed by atoms with Gasteiger partial charge in [-0.1, -0.05) is 108 Å². The zero-order chi connectivity index (χ0) is 21.9. The molecule has 170 valence electrons. The van der Waals surface area contributed by atoms with E-state index in [1.807, 2.05) is 0 Å². The molecule has 0 aromatic heterocycles. The Balaban J connectivity index is 1.64. The monoisotopic (exact) mass is 419 g/mol. The molecule has 0 heterocycles. The highest BCUT2D eigenvalue weighted by Crippen LogP contribution is 2.36. The topological polar surface area (TPSA) is 26.0 Å². The largest absolute Gasteiger partial charge is 0.399 e. The average molecular weight is 420 g/mol. The molecule has 0 bridgehead atoms. The number of rotatable bonds is 12. The molecule has 1 nitrogen and oxygen atoms in total. The normalized spacial score (nSPS) is 15.8. The van der Waals surface area contributed by atoms with Crippen LogP contribution in [0, 0.1) is 6.92 Å². The SMILES string of the molecule is CCCCCCCCCCC(c1ccc(C2CCCCC2)cc1)c1ccc(N)cc1C. The number of hydrogen-bond donors (Lipinski definition) is 1. The lowest BCUT2D eigenvalue weighted by Crippen LogP contribution is -2.07. The summed E-state index contributed by atoms with van der Waals surface area (Å²) in [7, 11) is 0. The summed E-state index contributed by atoms with van der Waals surface area (Å²) in [5, 5.41) is 0. The Hall–Kier alpha value is -1.76. The Morgan fingerprint density at radius 3 is 2.10 bits per heavy atom. The maximum Gasteiger partial charge on any atom is 0.0316 e. The van der Waals surface area contributed by atoms with E-state index in [-0.39, 0.29) is 0 Å². The molecule has 0 aliphatic heterocycles. The van der Waals surface area contributed by atoms with Crippen molar-refractivity contribution in [2.24, 2.45) is 0 Å². The predicted octanol–water partition coefficient (Wildman–Crippen LogP) is 9.29. The highest BCUT2D eigenvalue weighted by Gasteiger charge is 2.19. The molecular weight excluding hydrogens is 374 g/mol. The van der Waals surface area contributed by atoms with Crippen LogP contribution < -0.4 is 5.73 Å². The van der Waals surface area contributed by atoms with Gasteiger partial charge < -0.3 is 5.73 Å². The van der Waals surface area contributed by atoms with Crippen LogP contribution in [-0.4, -0.2) is 0 Å². The Labute approximate surface area is 191 Å². The van der Waals surface area contributed by atoms with Gasteiger partial charge in [-0.05, 0) is 66.5 Å². The smallest absolute Gasteiger partial charge is 0.0316 e. The summed E-state index contributed by atoms with van der Waals surface area (Å²) in [6, 6.07) is 16.2. The first kappa shape index (κ1) is 23.9. The molecule has 1 fully saturated rings. The second-order valence-electron chi connectivity index (χ2n) is 9.93. The third-order valence-corrected chi connectivity index (χ3v) is 7.43. The standard InChI is InChI=1S/C30H45N/c1-3-4-5-6-7-8-9-13-16-30(29-22-21-28(31)23-24(29)2)27-19-17-26(18-20-27)25-14-11-10-12-15-25/h17-23,25,30H,3-16,31H2,1-2H3. The molecule has 0 saturated heterocycles. The third-order valence-electron chi connectivity index (χ3n) is 7.43. The van der Waals surface area contributed by atoms with Crippen molar-refractivity contribution in [3.05, 3.63) is 64.7 Å². The fourth-order valence-corrected chi connectivity index (χ4v) is 5.51. The van der Waals surface area contributed by atoms with Gasteiger partial charge in [0.15, 0.2) is 0 Å². The summed E-state index contributed by atoms with van der Waals surface area (Å²) < 4.78 is 0. The van der Waals surface area contributed by atoms with Crippen LogP contribution in [0.25, 0.3) is 0 Å². The number of nitrogens with two attached hydrogens (primary N) is 1.